The van der Waals surface area contributed by atoms with Crippen molar-refractivity contribution in [3.8, 4) is 0 Å². The van der Waals surface area contributed by atoms with Crippen molar-refractivity contribution in [2.45, 2.75) is 6.92 Å². The predicted octanol–water partition coefficient (Wildman–Crippen LogP) is 1.92. The summed E-state index contributed by atoms with van der Waals surface area (Å²) < 4.78 is 1.02. The largest absolute Gasteiger partial charge is 0.363 e. The molecule has 1 aromatic rings. The summed E-state index contributed by atoms with van der Waals surface area (Å²) in [6.07, 6.45) is 0. The number of hydrogen-bond donors (Lipinski definition) is 2. The van der Waals surface area contributed by atoms with Crippen molar-refractivity contribution in [3.05, 3.63) is 33.4 Å². The Morgan fingerprint density at radius 2 is 2.27 bits per heavy atom. The van der Waals surface area contributed by atoms with E-state index in [1.165, 1.54) is 0 Å². The molecule has 0 atom stereocenters. The molecule has 0 aliphatic carbocycles. The third-order valence-electron chi connectivity index (χ3n) is 1.65. The van der Waals surface area contributed by atoms with E-state index in [-0.39, 0.29) is 5.91 Å². The lowest BCUT2D eigenvalue weighted by Gasteiger charge is -2.07. The van der Waals surface area contributed by atoms with E-state index >= 15 is 0 Å². The van der Waals surface area contributed by atoms with Crippen LogP contribution in [0.5, 0.6) is 0 Å². The topological polar surface area (TPSA) is 41.1 Å². The van der Waals surface area contributed by atoms with Crippen molar-refractivity contribution in [2.24, 2.45) is 0 Å². The highest BCUT2D eigenvalue weighted by Gasteiger charge is 2.06. The second-order valence-corrected chi connectivity index (χ2v) is 4.48. The molecule has 0 aromatic heterocycles. The zero-order chi connectivity index (χ0) is 11.3. The molecule has 0 saturated heterocycles. The lowest BCUT2D eigenvalue weighted by molar-refractivity contribution is 0.0976. The third kappa shape index (κ3) is 4.13. The van der Waals surface area contributed by atoms with Gasteiger partial charge < -0.3 is 5.32 Å². The standard InChI is InChI=1S/C10H11IN2OS/c1-2-12-10(15)13-9(14)7-4-3-5-8(11)6-7/h3-6H,2H2,1H3,(H2,12,13,14,15). The summed E-state index contributed by atoms with van der Waals surface area (Å²) >= 11 is 7.08. The number of hydrogen-bond acceptors (Lipinski definition) is 2. The summed E-state index contributed by atoms with van der Waals surface area (Å²) in [4.78, 5) is 11.6. The number of nitrogens with one attached hydrogen (secondary N) is 2. The van der Waals surface area contributed by atoms with Gasteiger partial charge in [0.15, 0.2) is 5.11 Å². The number of thiocarbonyl (C=S) groups is 1. The van der Waals surface area contributed by atoms with Crippen molar-refractivity contribution in [2.75, 3.05) is 6.54 Å². The summed E-state index contributed by atoms with van der Waals surface area (Å²) in [6, 6.07) is 7.34. The van der Waals surface area contributed by atoms with E-state index < -0.39 is 0 Å². The van der Waals surface area contributed by atoms with Crippen molar-refractivity contribution in [3.63, 3.8) is 0 Å². The van der Waals surface area contributed by atoms with Gasteiger partial charge >= 0.3 is 0 Å². The molecule has 0 bridgehead atoms. The SMILES string of the molecule is CCNC(=S)NC(=O)c1cccc(I)c1. The molecule has 15 heavy (non-hydrogen) atoms. The van der Waals surface area contributed by atoms with Crippen LogP contribution >= 0.6 is 34.8 Å². The minimum atomic E-state index is -0.181. The van der Waals surface area contributed by atoms with Crippen LogP contribution in [0.15, 0.2) is 24.3 Å². The molecule has 1 rings (SSSR count). The van der Waals surface area contributed by atoms with Gasteiger partial charge in [-0.05, 0) is 59.9 Å². The van der Waals surface area contributed by atoms with Gasteiger partial charge in [-0.1, -0.05) is 6.07 Å². The van der Waals surface area contributed by atoms with Gasteiger partial charge in [0, 0.05) is 15.7 Å². The Morgan fingerprint density at radius 3 is 2.87 bits per heavy atom. The van der Waals surface area contributed by atoms with E-state index in [0.29, 0.717) is 17.2 Å². The Balaban J connectivity index is 2.65. The van der Waals surface area contributed by atoms with Crippen LogP contribution < -0.4 is 10.6 Å². The fourth-order valence-electron chi connectivity index (χ4n) is 1.01. The average Bonchev–Trinajstić information content (AvgIpc) is 2.18. The summed E-state index contributed by atoms with van der Waals surface area (Å²) in [6.45, 7) is 2.62. The van der Waals surface area contributed by atoms with Crippen LogP contribution in [0.4, 0.5) is 0 Å². The second-order valence-electron chi connectivity index (χ2n) is 2.82. The normalized spacial score (nSPS) is 9.47. The fourth-order valence-corrected chi connectivity index (χ4v) is 1.79. The van der Waals surface area contributed by atoms with E-state index in [0.717, 1.165) is 3.57 Å². The van der Waals surface area contributed by atoms with Crippen LogP contribution in [-0.2, 0) is 0 Å². The van der Waals surface area contributed by atoms with Gasteiger partial charge in [0.1, 0.15) is 0 Å². The summed E-state index contributed by atoms with van der Waals surface area (Å²) in [5.74, 6) is -0.181. The molecule has 0 aliphatic heterocycles. The van der Waals surface area contributed by atoms with E-state index in [1.54, 1.807) is 6.07 Å². The molecule has 0 radical (unpaired) electrons. The van der Waals surface area contributed by atoms with E-state index in [4.69, 9.17) is 12.2 Å². The molecule has 2 N–H and O–H groups in total. The monoisotopic (exact) mass is 334 g/mol. The predicted molar refractivity (Wildman–Crippen MR) is 72.9 cm³/mol. The quantitative estimate of drug-likeness (QED) is 0.641. The summed E-state index contributed by atoms with van der Waals surface area (Å²) in [7, 11) is 0. The van der Waals surface area contributed by atoms with Crippen molar-refractivity contribution < 1.29 is 4.79 Å². The van der Waals surface area contributed by atoms with E-state index in [2.05, 4.69) is 33.2 Å². The molecule has 5 heteroatoms. The van der Waals surface area contributed by atoms with Gasteiger partial charge in [0.25, 0.3) is 5.91 Å². The van der Waals surface area contributed by atoms with Gasteiger partial charge in [-0.25, -0.2) is 0 Å². The van der Waals surface area contributed by atoms with Crippen molar-refractivity contribution in [1.82, 2.24) is 10.6 Å². The Hall–Kier alpha value is -0.690. The van der Waals surface area contributed by atoms with Crippen LogP contribution in [0.25, 0.3) is 0 Å². The van der Waals surface area contributed by atoms with Gasteiger partial charge in [-0.15, -0.1) is 0 Å². The molecule has 0 saturated carbocycles. The third-order valence-corrected chi connectivity index (χ3v) is 2.57. The Bertz CT molecular complexity index is 381. The van der Waals surface area contributed by atoms with Crippen LogP contribution in [-0.4, -0.2) is 17.6 Å². The average molecular weight is 334 g/mol. The summed E-state index contributed by atoms with van der Waals surface area (Å²) in [5.41, 5.74) is 0.613. The molecule has 1 aromatic carbocycles. The highest BCUT2D eigenvalue weighted by Crippen LogP contribution is 2.07. The summed E-state index contributed by atoms with van der Waals surface area (Å²) in [5, 5.41) is 5.82. The van der Waals surface area contributed by atoms with Gasteiger partial charge in [-0.2, -0.15) is 0 Å². The first-order valence-electron chi connectivity index (χ1n) is 4.48. The first-order chi connectivity index (χ1) is 7.13. The highest BCUT2D eigenvalue weighted by atomic mass is 127. The van der Waals surface area contributed by atoms with Crippen LogP contribution in [0.1, 0.15) is 17.3 Å². The maximum atomic E-state index is 11.6. The molecule has 80 valence electrons. The number of carbonyl (C=O) groups is 1. The number of benzene rings is 1. The lowest BCUT2D eigenvalue weighted by atomic mass is 10.2. The maximum Gasteiger partial charge on any atom is 0.257 e. The van der Waals surface area contributed by atoms with Crippen LogP contribution in [0.3, 0.4) is 0 Å². The Labute approximate surface area is 108 Å². The smallest absolute Gasteiger partial charge is 0.257 e. The molecule has 3 nitrogen and oxygen atoms in total. The van der Waals surface area contributed by atoms with Crippen LogP contribution in [0.2, 0.25) is 0 Å². The number of halogens is 1. The second kappa shape index (κ2) is 6.02. The fraction of sp³-hybridized carbons (Fsp3) is 0.200. The Morgan fingerprint density at radius 1 is 1.53 bits per heavy atom. The minimum Gasteiger partial charge on any atom is -0.363 e. The zero-order valence-corrected chi connectivity index (χ0v) is 11.2. The molecule has 0 aliphatic rings. The Kier molecular flexibility index (Phi) is 4.97. The molecule has 0 unspecified atom stereocenters. The molecular formula is C10H11IN2OS. The zero-order valence-electron chi connectivity index (χ0n) is 8.21. The van der Waals surface area contributed by atoms with Crippen LogP contribution in [0, 0.1) is 3.57 Å². The van der Waals surface area contributed by atoms with Gasteiger partial charge in [-0.3, -0.25) is 10.1 Å². The molecule has 0 fully saturated rings. The maximum absolute atomic E-state index is 11.6. The number of amides is 1. The lowest BCUT2D eigenvalue weighted by Crippen LogP contribution is -2.39. The van der Waals surface area contributed by atoms with Crippen molar-refractivity contribution >= 4 is 45.8 Å². The van der Waals surface area contributed by atoms with E-state index in [1.807, 2.05) is 25.1 Å². The van der Waals surface area contributed by atoms with Crippen molar-refractivity contribution in [1.29, 1.82) is 0 Å². The van der Waals surface area contributed by atoms with Gasteiger partial charge in [0.05, 0.1) is 0 Å². The van der Waals surface area contributed by atoms with Gasteiger partial charge in [0.2, 0.25) is 0 Å². The minimum absolute atomic E-state index is 0.181. The molecular weight excluding hydrogens is 323 g/mol. The number of rotatable bonds is 2. The first-order valence-corrected chi connectivity index (χ1v) is 5.97. The molecule has 0 heterocycles. The first kappa shape index (κ1) is 12.4. The van der Waals surface area contributed by atoms with E-state index in [9.17, 15) is 4.79 Å². The molecule has 1 amide bonds. The molecule has 0 spiro atoms. The number of carbonyl (C=O) groups excluding carboxylic acids is 1. The highest BCUT2D eigenvalue weighted by molar-refractivity contribution is 14.1.